The van der Waals surface area contributed by atoms with Crippen molar-refractivity contribution in [2.75, 3.05) is 6.54 Å². The molecule has 1 aliphatic carbocycles. The van der Waals surface area contributed by atoms with Crippen molar-refractivity contribution in [2.45, 2.75) is 45.6 Å². The Morgan fingerprint density at radius 1 is 1.39 bits per heavy atom. The molecule has 0 bridgehead atoms. The number of halogens is 2. The van der Waals surface area contributed by atoms with E-state index in [0.717, 1.165) is 23.0 Å². The van der Waals surface area contributed by atoms with Gasteiger partial charge in [-0.05, 0) is 42.4 Å². The molecule has 0 saturated heterocycles. The van der Waals surface area contributed by atoms with Crippen LogP contribution in [0.15, 0.2) is 22.7 Å². The summed E-state index contributed by atoms with van der Waals surface area (Å²) in [7, 11) is 0. The van der Waals surface area contributed by atoms with Gasteiger partial charge in [-0.3, -0.25) is 0 Å². The average Bonchev–Trinajstić information content (AvgIpc) is 2.24. The number of hydrogen-bond donors (Lipinski definition) is 1. The van der Waals surface area contributed by atoms with Crippen molar-refractivity contribution in [3.63, 3.8) is 0 Å². The summed E-state index contributed by atoms with van der Waals surface area (Å²) in [6, 6.07) is 5.91. The first kappa shape index (κ1) is 14.0. The molecule has 1 N–H and O–H groups in total. The summed E-state index contributed by atoms with van der Waals surface area (Å²) < 4.78 is 14.7. The predicted octanol–water partition coefficient (Wildman–Crippen LogP) is 4.30. The molecule has 2 rings (SSSR count). The van der Waals surface area contributed by atoms with Gasteiger partial charge in [0.15, 0.2) is 0 Å². The van der Waals surface area contributed by atoms with Gasteiger partial charge < -0.3 is 5.32 Å². The van der Waals surface area contributed by atoms with Crippen LogP contribution in [0.1, 0.15) is 38.7 Å². The highest BCUT2D eigenvalue weighted by molar-refractivity contribution is 9.10. The molecule has 0 unspecified atom stereocenters. The molecule has 0 radical (unpaired) electrons. The van der Waals surface area contributed by atoms with Crippen LogP contribution < -0.4 is 5.32 Å². The van der Waals surface area contributed by atoms with Crippen LogP contribution in [0.3, 0.4) is 0 Å². The summed E-state index contributed by atoms with van der Waals surface area (Å²) in [5.74, 6) is -0.0832. The minimum Gasteiger partial charge on any atom is -0.314 e. The van der Waals surface area contributed by atoms with Gasteiger partial charge in [-0.15, -0.1) is 0 Å². The van der Waals surface area contributed by atoms with Gasteiger partial charge in [-0.1, -0.05) is 42.3 Å². The molecular weight excluding hydrogens is 293 g/mol. The van der Waals surface area contributed by atoms with Gasteiger partial charge in [0.05, 0.1) is 0 Å². The van der Waals surface area contributed by atoms with E-state index in [1.165, 1.54) is 19.3 Å². The van der Waals surface area contributed by atoms with Gasteiger partial charge in [0.1, 0.15) is 5.82 Å². The van der Waals surface area contributed by atoms with Gasteiger partial charge >= 0.3 is 0 Å². The van der Waals surface area contributed by atoms with Crippen molar-refractivity contribution >= 4 is 15.9 Å². The maximum atomic E-state index is 13.9. The van der Waals surface area contributed by atoms with Crippen molar-refractivity contribution in [3.8, 4) is 0 Å². The fourth-order valence-corrected chi connectivity index (χ4v) is 2.92. The van der Waals surface area contributed by atoms with E-state index in [0.29, 0.717) is 6.04 Å². The first-order valence-electron chi connectivity index (χ1n) is 6.68. The van der Waals surface area contributed by atoms with Crippen LogP contribution in [0.25, 0.3) is 0 Å². The van der Waals surface area contributed by atoms with E-state index in [1.807, 2.05) is 12.1 Å². The highest BCUT2D eigenvalue weighted by Gasteiger charge is 2.37. The lowest BCUT2D eigenvalue weighted by atomic mass is 9.65. The second kappa shape index (κ2) is 5.70. The van der Waals surface area contributed by atoms with Crippen molar-refractivity contribution < 1.29 is 4.39 Å². The van der Waals surface area contributed by atoms with Crippen molar-refractivity contribution in [2.24, 2.45) is 5.41 Å². The van der Waals surface area contributed by atoms with E-state index >= 15 is 0 Å². The smallest absolute Gasteiger partial charge is 0.127 e. The largest absolute Gasteiger partial charge is 0.314 e. The summed E-state index contributed by atoms with van der Waals surface area (Å²) in [6.45, 7) is 5.32. The molecule has 0 heterocycles. The average molecular weight is 314 g/mol. The zero-order chi connectivity index (χ0) is 13.2. The second-order valence-corrected chi connectivity index (χ2v) is 6.72. The van der Waals surface area contributed by atoms with E-state index < -0.39 is 0 Å². The molecule has 1 nitrogen and oxygen atoms in total. The number of benzene rings is 1. The zero-order valence-corrected chi connectivity index (χ0v) is 12.7. The van der Waals surface area contributed by atoms with E-state index in [-0.39, 0.29) is 11.2 Å². The summed E-state index contributed by atoms with van der Waals surface area (Å²) in [5.41, 5.74) is 1.13. The van der Waals surface area contributed by atoms with Gasteiger partial charge in [-0.25, -0.2) is 4.39 Å². The maximum Gasteiger partial charge on any atom is 0.127 e. The molecule has 1 aromatic carbocycles. The molecule has 100 valence electrons. The van der Waals surface area contributed by atoms with Gasteiger partial charge in [-0.2, -0.15) is 0 Å². The Morgan fingerprint density at radius 3 is 2.61 bits per heavy atom. The van der Waals surface area contributed by atoms with E-state index in [1.54, 1.807) is 6.07 Å². The second-order valence-electron chi connectivity index (χ2n) is 5.80. The normalized spacial score (nSPS) is 17.8. The Bertz CT molecular complexity index is 413. The Kier molecular flexibility index (Phi) is 4.44. The Balaban J connectivity index is 2.05. The van der Waals surface area contributed by atoms with Gasteiger partial charge in [0, 0.05) is 17.1 Å². The summed E-state index contributed by atoms with van der Waals surface area (Å²) in [6.07, 6.45) is 4.55. The summed E-state index contributed by atoms with van der Waals surface area (Å²) >= 11 is 3.30. The number of nitrogens with one attached hydrogen (secondary N) is 1. The van der Waals surface area contributed by atoms with E-state index in [9.17, 15) is 4.39 Å². The van der Waals surface area contributed by atoms with Crippen LogP contribution in [0.2, 0.25) is 0 Å². The fraction of sp³-hybridized carbons (Fsp3) is 0.600. The fourth-order valence-electron chi connectivity index (χ4n) is 2.58. The van der Waals surface area contributed by atoms with E-state index in [4.69, 9.17) is 0 Å². The lowest BCUT2D eigenvalue weighted by Gasteiger charge is -2.43. The standard InChI is InChI=1S/C15H21BrFN/c1-11(2)18-10-15(6-3-7-15)9-12-4-5-13(16)8-14(12)17/h4-5,8,11,18H,3,6-7,9-10H2,1-2H3. The molecule has 0 atom stereocenters. The molecule has 1 saturated carbocycles. The highest BCUT2D eigenvalue weighted by Crippen LogP contribution is 2.43. The summed E-state index contributed by atoms with van der Waals surface area (Å²) in [4.78, 5) is 0. The van der Waals surface area contributed by atoms with Crippen molar-refractivity contribution in [3.05, 3.63) is 34.1 Å². The molecule has 1 aliphatic rings. The van der Waals surface area contributed by atoms with Crippen LogP contribution in [-0.2, 0) is 6.42 Å². The minimum absolute atomic E-state index is 0.0832. The van der Waals surface area contributed by atoms with Crippen molar-refractivity contribution in [1.29, 1.82) is 0 Å². The third-order valence-corrected chi connectivity index (χ3v) is 4.37. The SMILES string of the molecule is CC(C)NCC1(Cc2ccc(Br)cc2F)CCC1. The third kappa shape index (κ3) is 3.33. The monoisotopic (exact) mass is 313 g/mol. The first-order chi connectivity index (χ1) is 8.51. The van der Waals surface area contributed by atoms with Gasteiger partial charge in [0.25, 0.3) is 0 Å². The molecule has 1 fully saturated rings. The molecule has 3 heteroatoms. The maximum absolute atomic E-state index is 13.9. The Hall–Kier alpha value is -0.410. The first-order valence-corrected chi connectivity index (χ1v) is 7.47. The highest BCUT2D eigenvalue weighted by atomic mass is 79.9. The van der Waals surface area contributed by atoms with Crippen LogP contribution >= 0.6 is 15.9 Å². The molecular formula is C15H21BrFN. The molecule has 0 aromatic heterocycles. The van der Waals surface area contributed by atoms with Crippen LogP contribution in [0.5, 0.6) is 0 Å². The minimum atomic E-state index is -0.0832. The molecule has 0 aliphatic heterocycles. The van der Waals surface area contributed by atoms with Crippen LogP contribution in [-0.4, -0.2) is 12.6 Å². The number of rotatable bonds is 5. The quantitative estimate of drug-likeness (QED) is 0.854. The molecule has 0 amide bonds. The zero-order valence-electron chi connectivity index (χ0n) is 11.1. The Labute approximate surface area is 117 Å². The lowest BCUT2D eigenvalue weighted by molar-refractivity contribution is 0.125. The molecule has 0 spiro atoms. The van der Waals surface area contributed by atoms with Crippen molar-refractivity contribution in [1.82, 2.24) is 5.32 Å². The van der Waals surface area contributed by atoms with Crippen LogP contribution in [0, 0.1) is 11.2 Å². The predicted molar refractivity (Wildman–Crippen MR) is 77.2 cm³/mol. The van der Waals surface area contributed by atoms with E-state index in [2.05, 4.69) is 35.1 Å². The Morgan fingerprint density at radius 2 is 2.11 bits per heavy atom. The number of hydrogen-bond acceptors (Lipinski definition) is 1. The summed E-state index contributed by atoms with van der Waals surface area (Å²) in [5, 5.41) is 3.51. The van der Waals surface area contributed by atoms with Crippen LogP contribution in [0.4, 0.5) is 4.39 Å². The lowest BCUT2D eigenvalue weighted by Crippen LogP contribution is -2.43. The molecule has 1 aromatic rings. The third-order valence-electron chi connectivity index (χ3n) is 3.88. The topological polar surface area (TPSA) is 12.0 Å². The van der Waals surface area contributed by atoms with Gasteiger partial charge in [0.2, 0.25) is 0 Å². The molecule has 18 heavy (non-hydrogen) atoms.